The zero-order valence-electron chi connectivity index (χ0n) is 10.1. The van der Waals surface area contributed by atoms with Crippen molar-refractivity contribution in [1.82, 2.24) is 0 Å². The molecule has 0 saturated heterocycles. The molecule has 0 fully saturated rings. The van der Waals surface area contributed by atoms with E-state index in [9.17, 15) is 12.8 Å². The van der Waals surface area contributed by atoms with E-state index in [1.165, 1.54) is 18.2 Å². The Balaban J connectivity index is 2.30. The fraction of sp³-hybridized carbons (Fsp3) is 0.0769. The minimum absolute atomic E-state index is 0.0517. The second kappa shape index (κ2) is 4.89. The van der Waals surface area contributed by atoms with E-state index in [1.807, 2.05) is 6.92 Å². The van der Waals surface area contributed by atoms with Gasteiger partial charge in [-0.1, -0.05) is 17.7 Å². The summed E-state index contributed by atoms with van der Waals surface area (Å²) < 4.78 is 39.4. The van der Waals surface area contributed by atoms with Crippen LogP contribution >= 0.6 is 0 Å². The smallest absolute Gasteiger partial charge is 0.261 e. The summed E-state index contributed by atoms with van der Waals surface area (Å²) in [4.78, 5) is 0.0894. The Labute approximate surface area is 110 Å². The standard InChI is InChI=1S/C13H12FNO3S/c1-9-2-5-11(6-3-9)19(17,18)15-10-4-7-13(16)12(14)8-10/h2-8,15-16H,1H3. The second-order valence-electron chi connectivity index (χ2n) is 4.08. The molecule has 0 atom stereocenters. The Morgan fingerprint density at radius 2 is 1.74 bits per heavy atom. The predicted octanol–water partition coefficient (Wildman–Crippen LogP) is 2.64. The van der Waals surface area contributed by atoms with Crippen molar-refractivity contribution in [2.45, 2.75) is 11.8 Å². The van der Waals surface area contributed by atoms with E-state index in [4.69, 9.17) is 5.11 Å². The number of hydrogen-bond donors (Lipinski definition) is 2. The maximum atomic E-state index is 13.1. The number of aromatic hydroxyl groups is 1. The SMILES string of the molecule is Cc1ccc(S(=O)(=O)Nc2ccc(O)c(F)c2)cc1. The van der Waals surface area contributed by atoms with Gasteiger partial charge in [0.15, 0.2) is 11.6 Å². The Morgan fingerprint density at radius 3 is 2.32 bits per heavy atom. The van der Waals surface area contributed by atoms with Crippen molar-refractivity contribution < 1.29 is 17.9 Å². The molecule has 0 aromatic heterocycles. The average Bonchev–Trinajstić information content (AvgIpc) is 2.34. The Bertz CT molecular complexity index is 696. The number of phenols is 1. The first-order chi connectivity index (χ1) is 8.88. The third-order valence-electron chi connectivity index (χ3n) is 2.53. The number of aryl methyl sites for hydroxylation is 1. The molecule has 4 nitrogen and oxygen atoms in total. The van der Waals surface area contributed by atoms with Gasteiger partial charge >= 0.3 is 0 Å². The quantitative estimate of drug-likeness (QED) is 0.850. The number of benzene rings is 2. The predicted molar refractivity (Wildman–Crippen MR) is 70.1 cm³/mol. The van der Waals surface area contributed by atoms with Gasteiger partial charge < -0.3 is 5.11 Å². The minimum atomic E-state index is -3.76. The molecule has 2 rings (SSSR count). The van der Waals surface area contributed by atoms with Gasteiger partial charge in [0.05, 0.1) is 10.6 Å². The van der Waals surface area contributed by atoms with Gasteiger partial charge in [-0.25, -0.2) is 12.8 Å². The van der Waals surface area contributed by atoms with Crippen molar-refractivity contribution in [2.75, 3.05) is 4.72 Å². The van der Waals surface area contributed by atoms with Crippen molar-refractivity contribution in [3.63, 3.8) is 0 Å². The Hall–Kier alpha value is -2.08. The third-order valence-corrected chi connectivity index (χ3v) is 3.93. The molecule has 0 unspecified atom stereocenters. The van der Waals surface area contributed by atoms with Crippen molar-refractivity contribution >= 4 is 15.7 Å². The zero-order valence-corrected chi connectivity index (χ0v) is 10.9. The number of phenolic OH excluding ortho intramolecular Hbond substituents is 1. The summed E-state index contributed by atoms with van der Waals surface area (Å²) in [5, 5.41) is 9.04. The van der Waals surface area contributed by atoms with Crippen molar-refractivity contribution in [2.24, 2.45) is 0 Å². The Morgan fingerprint density at radius 1 is 1.11 bits per heavy atom. The normalized spacial score (nSPS) is 11.3. The van der Waals surface area contributed by atoms with Crippen LogP contribution in [-0.4, -0.2) is 13.5 Å². The van der Waals surface area contributed by atoms with Gasteiger partial charge in [-0.15, -0.1) is 0 Å². The molecule has 0 heterocycles. The summed E-state index contributed by atoms with van der Waals surface area (Å²) in [6.45, 7) is 1.85. The van der Waals surface area contributed by atoms with Crippen LogP contribution in [0.5, 0.6) is 5.75 Å². The zero-order chi connectivity index (χ0) is 14.0. The molecule has 0 spiro atoms. The lowest BCUT2D eigenvalue weighted by atomic mass is 10.2. The molecule has 0 amide bonds. The topological polar surface area (TPSA) is 66.4 Å². The molecule has 0 saturated carbocycles. The molecular formula is C13H12FNO3S. The van der Waals surface area contributed by atoms with Crippen LogP contribution in [0.15, 0.2) is 47.4 Å². The first kappa shape index (κ1) is 13.4. The molecular weight excluding hydrogens is 269 g/mol. The molecule has 100 valence electrons. The molecule has 0 bridgehead atoms. The van der Waals surface area contributed by atoms with E-state index in [-0.39, 0.29) is 10.6 Å². The lowest BCUT2D eigenvalue weighted by Gasteiger charge is -2.08. The second-order valence-corrected chi connectivity index (χ2v) is 5.77. The molecule has 0 aliphatic carbocycles. The summed E-state index contributed by atoms with van der Waals surface area (Å²) in [5.41, 5.74) is 0.991. The number of nitrogens with one attached hydrogen (secondary N) is 1. The fourth-order valence-corrected chi connectivity index (χ4v) is 2.55. The molecule has 0 aliphatic rings. The van der Waals surface area contributed by atoms with Crippen LogP contribution in [0.2, 0.25) is 0 Å². The van der Waals surface area contributed by atoms with E-state index >= 15 is 0 Å². The average molecular weight is 281 g/mol. The highest BCUT2D eigenvalue weighted by molar-refractivity contribution is 7.92. The molecule has 0 aliphatic heterocycles. The summed E-state index contributed by atoms with van der Waals surface area (Å²) in [6, 6.07) is 9.56. The van der Waals surface area contributed by atoms with E-state index in [1.54, 1.807) is 12.1 Å². The molecule has 2 N–H and O–H groups in total. The Kier molecular flexibility index (Phi) is 3.44. The van der Waals surface area contributed by atoms with Crippen LogP contribution in [0.25, 0.3) is 0 Å². The largest absolute Gasteiger partial charge is 0.505 e. The van der Waals surface area contributed by atoms with Crippen molar-refractivity contribution in [1.29, 1.82) is 0 Å². The summed E-state index contributed by atoms with van der Waals surface area (Å²) in [7, 11) is -3.76. The maximum Gasteiger partial charge on any atom is 0.261 e. The van der Waals surface area contributed by atoms with E-state index in [0.29, 0.717) is 0 Å². The summed E-state index contributed by atoms with van der Waals surface area (Å²) in [5.74, 6) is -1.41. The van der Waals surface area contributed by atoms with Gasteiger partial charge in [0.1, 0.15) is 0 Å². The fourth-order valence-electron chi connectivity index (χ4n) is 1.50. The molecule has 2 aromatic rings. The minimum Gasteiger partial charge on any atom is -0.505 e. The lowest BCUT2D eigenvalue weighted by molar-refractivity contribution is 0.432. The van der Waals surface area contributed by atoms with Crippen molar-refractivity contribution in [3.05, 3.63) is 53.8 Å². The van der Waals surface area contributed by atoms with Gasteiger partial charge in [-0.3, -0.25) is 4.72 Å². The van der Waals surface area contributed by atoms with Crippen LogP contribution in [0.1, 0.15) is 5.56 Å². The van der Waals surface area contributed by atoms with Crippen LogP contribution in [-0.2, 0) is 10.0 Å². The first-order valence-electron chi connectivity index (χ1n) is 5.46. The van der Waals surface area contributed by atoms with Gasteiger partial charge in [0, 0.05) is 6.07 Å². The van der Waals surface area contributed by atoms with Gasteiger partial charge in [0.25, 0.3) is 10.0 Å². The number of anilines is 1. The highest BCUT2D eigenvalue weighted by Crippen LogP contribution is 2.22. The molecule has 19 heavy (non-hydrogen) atoms. The number of halogens is 1. The lowest BCUT2D eigenvalue weighted by Crippen LogP contribution is -2.12. The van der Waals surface area contributed by atoms with E-state index in [2.05, 4.69) is 4.72 Å². The highest BCUT2D eigenvalue weighted by Gasteiger charge is 2.14. The third kappa shape index (κ3) is 3.03. The van der Waals surface area contributed by atoms with Crippen molar-refractivity contribution in [3.8, 4) is 5.75 Å². The first-order valence-corrected chi connectivity index (χ1v) is 6.95. The molecule has 2 aromatic carbocycles. The van der Waals surface area contributed by atoms with E-state index < -0.39 is 21.6 Å². The number of hydrogen-bond acceptors (Lipinski definition) is 3. The van der Waals surface area contributed by atoms with Gasteiger partial charge in [-0.2, -0.15) is 0 Å². The van der Waals surface area contributed by atoms with Crippen LogP contribution in [0.3, 0.4) is 0 Å². The van der Waals surface area contributed by atoms with E-state index in [0.717, 1.165) is 17.7 Å². The summed E-state index contributed by atoms with van der Waals surface area (Å²) >= 11 is 0. The number of rotatable bonds is 3. The number of sulfonamides is 1. The molecule has 6 heteroatoms. The van der Waals surface area contributed by atoms with Gasteiger partial charge in [-0.05, 0) is 31.2 Å². The monoisotopic (exact) mass is 281 g/mol. The molecule has 0 radical (unpaired) electrons. The van der Waals surface area contributed by atoms with Gasteiger partial charge in [0.2, 0.25) is 0 Å². The van der Waals surface area contributed by atoms with Crippen LogP contribution in [0.4, 0.5) is 10.1 Å². The summed E-state index contributed by atoms with van der Waals surface area (Å²) in [6.07, 6.45) is 0. The maximum absolute atomic E-state index is 13.1. The van der Waals surface area contributed by atoms with Crippen LogP contribution < -0.4 is 4.72 Å². The van der Waals surface area contributed by atoms with Crippen LogP contribution in [0, 0.1) is 12.7 Å². The highest BCUT2D eigenvalue weighted by atomic mass is 32.2.